The van der Waals surface area contributed by atoms with Gasteiger partial charge in [0, 0.05) is 20.6 Å². The smallest absolute Gasteiger partial charge is 0.232 e. The van der Waals surface area contributed by atoms with Crippen LogP contribution in [0.5, 0.6) is 11.5 Å². The maximum Gasteiger partial charge on any atom is 0.232 e. The average Bonchev–Trinajstić information content (AvgIpc) is 3.55. The van der Waals surface area contributed by atoms with Crippen molar-refractivity contribution in [3.63, 3.8) is 0 Å². The molecule has 7 heteroatoms. The van der Waals surface area contributed by atoms with Crippen LogP contribution in [0, 0.1) is 11.3 Å². The van der Waals surface area contributed by atoms with Crippen molar-refractivity contribution in [1.82, 2.24) is 19.8 Å². The van der Waals surface area contributed by atoms with Crippen LogP contribution < -0.4 is 10.1 Å². The first-order valence-corrected chi connectivity index (χ1v) is 13.2. The number of imidazole rings is 1. The number of carbonyl (C=O) groups is 1. The predicted octanol–water partition coefficient (Wildman–Crippen LogP) is 5.00. The molecule has 2 atom stereocenters. The van der Waals surface area contributed by atoms with Gasteiger partial charge in [-0.25, -0.2) is 4.98 Å². The van der Waals surface area contributed by atoms with Crippen LogP contribution in [0.3, 0.4) is 0 Å². The third-order valence-corrected chi connectivity index (χ3v) is 8.33. The van der Waals surface area contributed by atoms with E-state index in [4.69, 9.17) is 4.74 Å². The number of rotatable bonds is 6. The quantitative estimate of drug-likeness (QED) is 0.518. The molecule has 37 heavy (non-hydrogen) atoms. The first-order valence-electron chi connectivity index (χ1n) is 13.2. The molecule has 192 valence electrons. The number of hydrogen-bond donors (Lipinski definition) is 1. The molecule has 2 saturated heterocycles. The van der Waals surface area contributed by atoms with Crippen LogP contribution in [0.25, 0.3) is 0 Å². The number of aromatic nitrogens is 2. The molecule has 1 amide bonds. The first kappa shape index (κ1) is 25.0. The lowest BCUT2D eigenvalue weighted by Crippen LogP contribution is -2.43. The van der Waals surface area contributed by atoms with Crippen LogP contribution in [-0.2, 0) is 22.8 Å². The third-order valence-electron chi connectivity index (χ3n) is 8.33. The zero-order valence-corrected chi connectivity index (χ0v) is 22.0. The average molecular weight is 498 g/mol. The number of ether oxygens (including phenoxy) is 1. The molecule has 2 aliphatic heterocycles. The fourth-order valence-corrected chi connectivity index (χ4v) is 6.22. The summed E-state index contributed by atoms with van der Waals surface area (Å²) in [6.07, 6.45) is 9.30. The number of hydrogen-bond acceptors (Lipinski definition) is 5. The SMILES string of the molecule is CC[C@]1(c2cccc(Oc3cc([C@@]4(c5cncn5C)CCCN4)ccc3C#N)c2)CCCCN(C)C1=O. The molecule has 0 saturated carbocycles. The van der Waals surface area contributed by atoms with Gasteiger partial charge >= 0.3 is 0 Å². The molecule has 7 nitrogen and oxygen atoms in total. The van der Waals surface area contributed by atoms with E-state index in [1.54, 1.807) is 0 Å². The van der Waals surface area contributed by atoms with Gasteiger partial charge in [-0.2, -0.15) is 5.26 Å². The Bertz CT molecular complexity index is 1330. The van der Waals surface area contributed by atoms with Gasteiger partial charge < -0.3 is 19.5 Å². The molecular weight excluding hydrogens is 462 g/mol. The monoisotopic (exact) mass is 497 g/mol. The van der Waals surface area contributed by atoms with Gasteiger partial charge in [0.25, 0.3) is 0 Å². The Morgan fingerprint density at radius 3 is 2.68 bits per heavy atom. The fourth-order valence-electron chi connectivity index (χ4n) is 6.22. The fraction of sp³-hybridized carbons (Fsp3) is 0.433. The second-order valence-electron chi connectivity index (χ2n) is 10.4. The van der Waals surface area contributed by atoms with Crippen molar-refractivity contribution < 1.29 is 9.53 Å². The van der Waals surface area contributed by atoms with E-state index in [1.165, 1.54) is 0 Å². The number of likely N-dealkylation sites (N-methyl/N-ethyl adjacent to an activating group) is 1. The van der Waals surface area contributed by atoms with Crippen LogP contribution in [0.2, 0.25) is 0 Å². The lowest BCUT2D eigenvalue weighted by atomic mass is 9.73. The number of nitrogens with zero attached hydrogens (tertiary/aromatic N) is 4. The summed E-state index contributed by atoms with van der Waals surface area (Å²) in [5.74, 6) is 1.32. The molecule has 3 heterocycles. The number of aryl methyl sites for hydroxylation is 1. The Labute approximate surface area is 219 Å². The van der Waals surface area contributed by atoms with Crippen LogP contribution in [0.15, 0.2) is 55.0 Å². The van der Waals surface area contributed by atoms with Gasteiger partial charge in [-0.3, -0.25) is 4.79 Å². The standard InChI is InChI=1S/C30H35N5O2/c1-4-29(13-5-6-16-34(2)28(29)36)23-9-7-10-25(17-23)37-26-18-24(12-11-22(26)19-31)30(14-8-15-33-30)27-20-32-21-35(27)3/h7,9-12,17-18,20-21,33H,4-6,8,13-16H2,1-3H3/t29-,30-/m1/s1. The topological polar surface area (TPSA) is 83.2 Å². The summed E-state index contributed by atoms with van der Waals surface area (Å²) < 4.78 is 8.46. The first-order chi connectivity index (χ1) is 17.9. The number of amides is 1. The minimum absolute atomic E-state index is 0.176. The highest BCUT2D eigenvalue weighted by Gasteiger charge is 2.42. The van der Waals surface area contributed by atoms with E-state index >= 15 is 0 Å². The Morgan fingerprint density at radius 1 is 1.11 bits per heavy atom. The van der Waals surface area contributed by atoms with Crippen molar-refractivity contribution in [2.45, 2.75) is 56.4 Å². The second kappa shape index (κ2) is 10.0. The summed E-state index contributed by atoms with van der Waals surface area (Å²) >= 11 is 0. The Morgan fingerprint density at radius 2 is 1.97 bits per heavy atom. The number of carbonyl (C=O) groups excluding carboxylic acids is 1. The molecule has 1 N–H and O–H groups in total. The van der Waals surface area contributed by atoms with Gasteiger partial charge in [-0.1, -0.05) is 31.5 Å². The largest absolute Gasteiger partial charge is 0.456 e. The summed E-state index contributed by atoms with van der Waals surface area (Å²) in [6.45, 7) is 3.79. The molecule has 2 fully saturated rings. The molecule has 1 aromatic heterocycles. The molecule has 2 aliphatic rings. The number of benzene rings is 2. The van der Waals surface area contributed by atoms with Crippen LogP contribution in [-0.4, -0.2) is 40.5 Å². The summed E-state index contributed by atoms with van der Waals surface area (Å²) in [7, 11) is 3.91. The van der Waals surface area contributed by atoms with Gasteiger partial charge in [-0.05, 0) is 74.0 Å². The van der Waals surface area contributed by atoms with Crippen LogP contribution in [0.4, 0.5) is 0 Å². The maximum atomic E-state index is 13.5. The lowest BCUT2D eigenvalue weighted by molar-refractivity contribution is -0.135. The van der Waals surface area contributed by atoms with Crippen molar-refractivity contribution in [1.29, 1.82) is 5.26 Å². The zero-order chi connectivity index (χ0) is 26.0. The van der Waals surface area contributed by atoms with E-state index in [-0.39, 0.29) is 11.4 Å². The van der Waals surface area contributed by atoms with Crippen LogP contribution in [0.1, 0.15) is 67.8 Å². The minimum atomic E-state index is -0.554. The van der Waals surface area contributed by atoms with Gasteiger partial charge in [0.15, 0.2) is 0 Å². The minimum Gasteiger partial charge on any atom is -0.456 e. The number of nitrogens with one attached hydrogen (secondary N) is 1. The third kappa shape index (κ3) is 4.30. The molecule has 3 aromatic rings. The van der Waals surface area contributed by atoms with E-state index in [0.29, 0.717) is 17.1 Å². The van der Waals surface area contributed by atoms with Crippen molar-refractivity contribution in [2.24, 2.45) is 7.05 Å². The Hall–Kier alpha value is -3.63. The zero-order valence-electron chi connectivity index (χ0n) is 22.0. The molecule has 0 bridgehead atoms. The van der Waals surface area contributed by atoms with E-state index in [0.717, 1.165) is 68.4 Å². The van der Waals surface area contributed by atoms with Gasteiger partial charge in [-0.15, -0.1) is 0 Å². The molecule has 0 unspecified atom stereocenters. The molecular formula is C30H35N5O2. The van der Waals surface area contributed by atoms with E-state index in [1.807, 2.05) is 78.6 Å². The Kier molecular flexibility index (Phi) is 6.78. The molecule has 0 radical (unpaired) electrons. The summed E-state index contributed by atoms with van der Waals surface area (Å²) in [5, 5.41) is 13.6. The normalized spacial score (nSPS) is 24.1. The van der Waals surface area contributed by atoms with Crippen molar-refractivity contribution >= 4 is 5.91 Å². The van der Waals surface area contributed by atoms with E-state index < -0.39 is 5.41 Å². The molecule has 5 rings (SSSR count). The maximum absolute atomic E-state index is 13.5. The van der Waals surface area contributed by atoms with Crippen molar-refractivity contribution in [2.75, 3.05) is 20.1 Å². The van der Waals surface area contributed by atoms with Crippen molar-refractivity contribution in [3.8, 4) is 17.6 Å². The second-order valence-corrected chi connectivity index (χ2v) is 10.4. The summed E-state index contributed by atoms with van der Waals surface area (Å²) in [5.41, 5.74) is 2.64. The molecule has 0 spiro atoms. The van der Waals surface area contributed by atoms with Crippen molar-refractivity contribution in [3.05, 3.63) is 77.4 Å². The van der Waals surface area contributed by atoms with Gasteiger partial charge in [0.2, 0.25) is 5.91 Å². The molecule has 2 aromatic carbocycles. The predicted molar refractivity (Wildman–Crippen MR) is 142 cm³/mol. The van der Waals surface area contributed by atoms with Crippen LogP contribution >= 0.6 is 0 Å². The molecule has 0 aliphatic carbocycles. The summed E-state index contributed by atoms with van der Waals surface area (Å²) in [6, 6.07) is 16.0. The van der Waals surface area contributed by atoms with E-state index in [9.17, 15) is 10.1 Å². The van der Waals surface area contributed by atoms with Gasteiger partial charge in [0.1, 0.15) is 17.6 Å². The van der Waals surface area contributed by atoms with Gasteiger partial charge in [0.05, 0.1) is 34.7 Å². The highest BCUT2D eigenvalue weighted by molar-refractivity contribution is 5.88. The lowest BCUT2D eigenvalue weighted by Gasteiger charge is -2.33. The highest BCUT2D eigenvalue weighted by Crippen LogP contribution is 2.42. The highest BCUT2D eigenvalue weighted by atomic mass is 16.5. The summed E-state index contributed by atoms with van der Waals surface area (Å²) in [4.78, 5) is 19.7. The number of likely N-dealkylation sites (tertiary alicyclic amines) is 1. The Balaban J connectivity index is 1.53. The van der Waals surface area contributed by atoms with E-state index in [2.05, 4.69) is 23.3 Å². The number of nitriles is 1.